The van der Waals surface area contributed by atoms with Gasteiger partial charge < -0.3 is 15.2 Å². The van der Waals surface area contributed by atoms with Crippen LogP contribution < -0.4 is 10.5 Å². The number of aryl methyl sites for hydroxylation is 1. The zero-order valence-electron chi connectivity index (χ0n) is 8.90. The molecule has 0 fully saturated rings. The second-order valence-electron chi connectivity index (χ2n) is 2.97. The largest absolute Gasteiger partial charge is 0.477 e. The molecule has 1 aromatic rings. The first kappa shape index (κ1) is 11.5. The lowest BCUT2D eigenvalue weighted by atomic mass is 10.3. The summed E-state index contributed by atoms with van der Waals surface area (Å²) >= 11 is 0. The fraction of sp³-hybridized carbons (Fsp3) is 0.556. The van der Waals surface area contributed by atoms with Crippen LogP contribution in [0.1, 0.15) is 16.8 Å². The molecular weight excluding hydrogens is 198 g/mol. The monoisotopic (exact) mass is 213 g/mol. The first-order valence-corrected chi connectivity index (χ1v) is 4.64. The zero-order chi connectivity index (χ0) is 11.3. The third-order valence-corrected chi connectivity index (χ3v) is 1.88. The molecule has 6 heteroatoms. The Labute approximate surface area is 88.0 Å². The first-order chi connectivity index (χ1) is 7.20. The second-order valence-corrected chi connectivity index (χ2v) is 2.97. The molecule has 0 amide bonds. The van der Waals surface area contributed by atoms with Gasteiger partial charge in [0, 0.05) is 7.05 Å². The second kappa shape index (κ2) is 5.35. The number of hydrogen-bond donors (Lipinski definition) is 1. The number of aromatic nitrogens is 2. The highest BCUT2D eigenvalue weighted by Gasteiger charge is 2.17. The number of methoxy groups -OCH3 is 1. The highest BCUT2D eigenvalue weighted by molar-refractivity contribution is 5.91. The number of ether oxygens (including phenoxy) is 2. The van der Waals surface area contributed by atoms with Crippen molar-refractivity contribution in [3.05, 3.63) is 11.8 Å². The molecule has 6 nitrogen and oxygen atoms in total. The molecule has 0 aliphatic heterocycles. The van der Waals surface area contributed by atoms with Gasteiger partial charge in [0.05, 0.1) is 19.9 Å². The van der Waals surface area contributed by atoms with Crippen LogP contribution in [0, 0.1) is 0 Å². The van der Waals surface area contributed by atoms with E-state index in [1.807, 2.05) is 0 Å². The van der Waals surface area contributed by atoms with Gasteiger partial charge >= 0.3 is 5.97 Å². The van der Waals surface area contributed by atoms with Crippen molar-refractivity contribution in [3.8, 4) is 5.88 Å². The molecule has 0 aromatic carbocycles. The third-order valence-electron chi connectivity index (χ3n) is 1.88. The summed E-state index contributed by atoms with van der Waals surface area (Å²) in [6.07, 6.45) is 2.15. The molecule has 1 heterocycles. The van der Waals surface area contributed by atoms with Crippen LogP contribution in [0.15, 0.2) is 6.20 Å². The van der Waals surface area contributed by atoms with Gasteiger partial charge in [-0.15, -0.1) is 0 Å². The molecule has 84 valence electrons. The quantitative estimate of drug-likeness (QED) is 0.547. The SMILES string of the molecule is COC(=O)c1cnn(C)c1OCCCN. The van der Waals surface area contributed by atoms with Crippen molar-refractivity contribution in [2.75, 3.05) is 20.3 Å². The standard InChI is InChI=1S/C9H15N3O3/c1-12-8(15-5-3-4-10)7(6-11-12)9(13)14-2/h6H,3-5,10H2,1-2H3. The molecule has 2 N–H and O–H groups in total. The lowest BCUT2D eigenvalue weighted by Gasteiger charge is -2.06. The molecule has 0 bridgehead atoms. The van der Waals surface area contributed by atoms with Crippen molar-refractivity contribution < 1.29 is 14.3 Å². The van der Waals surface area contributed by atoms with Crippen molar-refractivity contribution in [2.24, 2.45) is 12.8 Å². The van der Waals surface area contributed by atoms with Gasteiger partial charge in [0.1, 0.15) is 5.56 Å². The Morgan fingerprint density at radius 2 is 2.40 bits per heavy atom. The van der Waals surface area contributed by atoms with Gasteiger partial charge in [-0.05, 0) is 13.0 Å². The van der Waals surface area contributed by atoms with E-state index < -0.39 is 5.97 Å². The molecule has 0 atom stereocenters. The summed E-state index contributed by atoms with van der Waals surface area (Å²) in [6.45, 7) is 1.01. The Bertz CT molecular complexity index is 335. The van der Waals surface area contributed by atoms with Crippen molar-refractivity contribution >= 4 is 5.97 Å². The normalized spacial score (nSPS) is 10.1. The molecule has 0 saturated carbocycles. The van der Waals surface area contributed by atoms with Crippen molar-refractivity contribution in [1.29, 1.82) is 0 Å². The number of esters is 1. The average molecular weight is 213 g/mol. The summed E-state index contributed by atoms with van der Waals surface area (Å²) in [5.41, 5.74) is 5.67. The maximum absolute atomic E-state index is 11.3. The number of carbonyl (C=O) groups is 1. The molecule has 1 aromatic heterocycles. The summed E-state index contributed by atoms with van der Waals surface area (Å²) in [5, 5.41) is 3.92. The van der Waals surface area contributed by atoms with Gasteiger partial charge in [-0.3, -0.25) is 0 Å². The van der Waals surface area contributed by atoms with Crippen LogP contribution in [0.2, 0.25) is 0 Å². The molecular formula is C9H15N3O3. The minimum Gasteiger partial charge on any atom is -0.477 e. The maximum atomic E-state index is 11.3. The van der Waals surface area contributed by atoms with Gasteiger partial charge in [0.15, 0.2) is 0 Å². The van der Waals surface area contributed by atoms with E-state index in [9.17, 15) is 4.79 Å². The summed E-state index contributed by atoms with van der Waals surface area (Å²) < 4.78 is 11.5. The highest BCUT2D eigenvalue weighted by atomic mass is 16.5. The predicted octanol–water partition coefficient (Wildman–Crippen LogP) is -0.0657. The zero-order valence-corrected chi connectivity index (χ0v) is 8.90. The summed E-state index contributed by atoms with van der Waals surface area (Å²) in [5.74, 6) is -0.0406. The van der Waals surface area contributed by atoms with Gasteiger partial charge in [-0.25, -0.2) is 9.48 Å². The Morgan fingerprint density at radius 3 is 3.00 bits per heavy atom. The predicted molar refractivity (Wildman–Crippen MR) is 53.7 cm³/mol. The van der Waals surface area contributed by atoms with E-state index in [4.69, 9.17) is 10.5 Å². The van der Waals surface area contributed by atoms with Crippen molar-refractivity contribution in [3.63, 3.8) is 0 Å². The Balaban J connectivity index is 2.75. The molecule has 0 unspecified atom stereocenters. The van der Waals surface area contributed by atoms with Crippen LogP contribution in [-0.2, 0) is 11.8 Å². The van der Waals surface area contributed by atoms with E-state index in [1.54, 1.807) is 7.05 Å². The lowest BCUT2D eigenvalue weighted by molar-refractivity contribution is 0.0595. The van der Waals surface area contributed by atoms with Crippen LogP contribution in [-0.4, -0.2) is 36.0 Å². The fourth-order valence-corrected chi connectivity index (χ4v) is 1.10. The van der Waals surface area contributed by atoms with Crippen molar-refractivity contribution in [1.82, 2.24) is 9.78 Å². The van der Waals surface area contributed by atoms with Gasteiger partial charge in [0.2, 0.25) is 5.88 Å². The number of nitrogens with two attached hydrogens (primary N) is 1. The fourth-order valence-electron chi connectivity index (χ4n) is 1.10. The van der Waals surface area contributed by atoms with Crippen LogP contribution >= 0.6 is 0 Å². The van der Waals surface area contributed by atoms with Gasteiger partial charge in [-0.2, -0.15) is 5.10 Å². The molecule has 0 spiro atoms. The van der Waals surface area contributed by atoms with Crippen LogP contribution in [0.3, 0.4) is 0 Å². The van der Waals surface area contributed by atoms with E-state index in [0.29, 0.717) is 24.6 Å². The number of carbonyl (C=O) groups excluding carboxylic acids is 1. The first-order valence-electron chi connectivity index (χ1n) is 4.64. The molecule has 0 aliphatic carbocycles. The molecule has 0 saturated heterocycles. The number of rotatable bonds is 5. The molecule has 1 rings (SSSR count). The summed E-state index contributed by atoms with van der Waals surface area (Å²) in [6, 6.07) is 0. The van der Waals surface area contributed by atoms with Crippen LogP contribution in [0.5, 0.6) is 5.88 Å². The highest BCUT2D eigenvalue weighted by Crippen LogP contribution is 2.17. The summed E-state index contributed by atoms with van der Waals surface area (Å²) in [7, 11) is 3.02. The Hall–Kier alpha value is -1.56. The van der Waals surface area contributed by atoms with E-state index in [-0.39, 0.29) is 0 Å². The van der Waals surface area contributed by atoms with Gasteiger partial charge in [0.25, 0.3) is 0 Å². The number of nitrogens with zero attached hydrogens (tertiary/aromatic N) is 2. The average Bonchev–Trinajstić information content (AvgIpc) is 2.60. The topological polar surface area (TPSA) is 79.4 Å². The van der Waals surface area contributed by atoms with E-state index >= 15 is 0 Å². The minimum absolute atomic E-state index is 0.331. The van der Waals surface area contributed by atoms with Crippen molar-refractivity contribution in [2.45, 2.75) is 6.42 Å². The van der Waals surface area contributed by atoms with E-state index in [2.05, 4.69) is 9.84 Å². The minimum atomic E-state index is -0.453. The van der Waals surface area contributed by atoms with E-state index in [0.717, 1.165) is 6.42 Å². The van der Waals surface area contributed by atoms with Crippen LogP contribution in [0.25, 0.3) is 0 Å². The lowest BCUT2D eigenvalue weighted by Crippen LogP contribution is -2.10. The smallest absolute Gasteiger partial charge is 0.345 e. The molecule has 0 radical (unpaired) electrons. The third kappa shape index (κ3) is 2.69. The van der Waals surface area contributed by atoms with Crippen LogP contribution in [0.4, 0.5) is 0 Å². The van der Waals surface area contributed by atoms with E-state index in [1.165, 1.54) is 18.0 Å². The molecule has 15 heavy (non-hydrogen) atoms. The summed E-state index contributed by atoms with van der Waals surface area (Å²) in [4.78, 5) is 11.3. The molecule has 0 aliphatic rings. The van der Waals surface area contributed by atoms with Gasteiger partial charge in [-0.1, -0.05) is 0 Å². The maximum Gasteiger partial charge on any atom is 0.345 e. The number of hydrogen-bond acceptors (Lipinski definition) is 5. The Morgan fingerprint density at radius 1 is 1.67 bits per heavy atom. The Kier molecular flexibility index (Phi) is 4.11.